The molecule has 0 fully saturated rings. The Hall–Kier alpha value is -2.82. The molecular weight excluding hydrogens is 376 g/mol. The van der Waals surface area contributed by atoms with Gasteiger partial charge in [-0.05, 0) is 61.9 Å². The van der Waals surface area contributed by atoms with Crippen LogP contribution in [0.3, 0.4) is 0 Å². The maximum absolute atomic E-state index is 13.0. The van der Waals surface area contributed by atoms with Crippen LogP contribution in [0.25, 0.3) is 0 Å². The molecule has 0 aliphatic heterocycles. The summed E-state index contributed by atoms with van der Waals surface area (Å²) in [7, 11) is 0. The molecule has 2 amide bonds. The van der Waals surface area contributed by atoms with Gasteiger partial charge in [-0.15, -0.1) is 0 Å². The van der Waals surface area contributed by atoms with Crippen molar-refractivity contribution in [3.63, 3.8) is 0 Å². The number of ether oxygens (including phenoxy) is 1. The highest BCUT2D eigenvalue weighted by Crippen LogP contribution is 2.17. The summed E-state index contributed by atoms with van der Waals surface area (Å²) in [5.41, 5.74) is 3.41. The first kappa shape index (κ1) is 23.5. The lowest BCUT2D eigenvalue weighted by molar-refractivity contribution is -0.141. The summed E-state index contributed by atoms with van der Waals surface area (Å²) in [6, 6.07) is 15.2. The average Bonchev–Trinajstić information content (AvgIpc) is 2.73. The van der Waals surface area contributed by atoms with Gasteiger partial charge in [0.2, 0.25) is 5.91 Å². The highest BCUT2D eigenvalue weighted by Gasteiger charge is 2.26. The lowest BCUT2D eigenvalue weighted by Gasteiger charge is -2.29. The van der Waals surface area contributed by atoms with E-state index in [2.05, 4.69) is 5.32 Å². The molecule has 0 radical (unpaired) electrons. The normalized spacial score (nSPS) is 11.8. The van der Waals surface area contributed by atoms with Crippen LogP contribution in [0.15, 0.2) is 48.5 Å². The molecule has 162 valence electrons. The molecule has 0 unspecified atom stereocenters. The number of carbonyl (C=O) groups is 2. The standard InChI is InChI=1S/C25H34N2O3/c1-18(2)16-26-25(29)21(5)27(14-13-22-9-7-6-8-10-22)24(28)17-30-23-12-11-19(3)20(4)15-23/h6-12,15,18,21H,13-14,16-17H2,1-5H3,(H,26,29)/t21-/m0/s1. The first-order chi connectivity index (χ1) is 14.3. The predicted molar refractivity (Wildman–Crippen MR) is 121 cm³/mol. The Balaban J connectivity index is 2.06. The van der Waals surface area contributed by atoms with Gasteiger partial charge >= 0.3 is 0 Å². The molecule has 1 N–H and O–H groups in total. The lowest BCUT2D eigenvalue weighted by Crippen LogP contribution is -2.50. The molecule has 0 aliphatic rings. The minimum Gasteiger partial charge on any atom is -0.484 e. The van der Waals surface area contributed by atoms with E-state index in [1.165, 1.54) is 5.56 Å². The molecule has 0 aliphatic carbocycles. The molecule has 5 nitrogen and oxygen atoms in total. The molecule has 2 aromatic carbocycles. The van der Waals surface area contributed by atoms with E-state index >= 15 is 0 Å². The molecule has 0 heterocycles. The number of amides is 2. The van der Waals surface area contributed by atoms with Gasteiger partial charge in [0.15, 0.2) is 6.61 Å². The van der Waals surface area contributed by atoms with Crippen molar-refractivity contribution in [1.29, 1.82) is 0 Å². The van der Waals surface area contributed by atoms with Crippen molar-refractivity contribution < 1.29 is 14.3 Å². The SMILES string of the molecule is Cc1ccc(OCC(=O)N(CCc2ccccc2)[C@@H](C)C(=O)NCC(C)C)cc1C. The first-order valence-electron chi connectivity index (χ1n) is 10.6. The molecule has 2 rings (SSSR count). The summed E-state index contributed by atoms with van der Waals surface area (Å²) in [6.45, 7) is 10.8. The molecule has 1 atom stereocenters. The summed E-state index contributed by atoms with van der Waals surface area (Å²) in [5, 5.41) is 2.93. The maximum Gasteiger partial charge on any atom is 0.261 e. The van der Waals surface area contributed by atoms with E-state index in [0.29, 0.717) is 31.2 Å². The van der Waals surface area contributed by atoms with Crippen LogP contribution < -0.4 is 10.1 Å². The topological polar surface area (TPSA) is 58.6 Å². The number of hydrogen-bond acceptors (Lipinski definition) is 3. The zero-order valence-corrected chi connectivity index (χ0v) is 18.8. The van der Waals surface area contributed by atoms with Gasteiger partial charge in [0.25, 0.3) is 5.91 Å². The van der Waals surface area contributed by atoms with Crippen molar-refractivity contribution in [3.8, 4) is 5.75 Å². The van der Waals surface area contributed by atoms with E-state index in [9.17, 15) is 9.59 Å². The molecule has 0 aromatic heterocycles. The molecule has 2 aromatic rings. The summed E-state index contributed by atoms with van der Waals surface area (Å²) < 4.78 is 5.74. The molecule has 0 saturated heterocycles. The second kappa shape index (κ2) is 11.4. The molecule has 30 heavy (non-hydrogen) atoms. The van der Waals surface area contributed by atoms with Gasteiger partial charge in [-0.25, -0.2) is 0 Å². The number of aryl methyl sites for hydroxylation is 2. The molecule has 5 heteroatoms. The zero-order chi connectivity index (χ0) is 22.1. The van der Waals surface area contributed by atoms with Crippen molar-refractivity contribution >= 4 is 11.8 Å². The van der Waals surface area contributed by atoms with Gasteiger partial charge in [-0.2, -0.15) is 0 Å². The van der Waals surface area contributed by atoms with E-state index in [1.807, 2.05) is 76.2 Å². The Morgan fingerprint density at radius 2 is 1.70 bits per heavy atom. The minimum atomic E-state index is -0.566. The van der Waals surface area contributed by atoms with E-state index < -0.39 is 6.04 Å². The van der Waals surface area contributed by atoms with Crippen LogP contribution >= 0.6 is 0 Å². The van der Waals surface area contributed by atoms with E-state index in [0.717, 1.165) is 11.1 Å². The van der Waals surface area contributed by atoms with Gasteiger partial charge in [0, 0.05) is 13.1 Å². The average molecular weight is 411 g/mol. The van der Waals surface area contributed by atoms with Gasteiger partial charge in [0.05, 0.1) is 0 Å². The van der Waals surface area contributed by atoms with E-state index in [4.69, 9.17) is 4.74 Å². The molecule has 0 saturated carbocycles. The van der Waals surface area contributed by atoms with Gasteiger partial charge in [0.1, 0.15) is 11.8 Å². The Morgan fingerprint density at radius 1 is 1.00 bits per heavy atom. The van der Waals surface area contributed by atoms with Gasteiger partial charge < -0.3 is 15.0 Å². The second-order valence-electron chi connectivity index (χ2n) is 8.17. The lowest BCUT2D eigenvalue weighted by atomic mass is 10.1. The van der Waals surface area contributed by atoms with Crippen LogP contribution in [0.2, 0.25) is 0 Å². The van der Waals surface area contributed by atoms with E-state index in [-0.39, 0.29) is 18.4 Å². The monoisotopic (exact) mass is 410 g/mol. The third kappa shape index (κ3) is 7.21. The van der Waals surface area contributed by atoms with Crippen LogP contribution in [-0.4, -0.2) is 42.5 Å². The first-order valence-corrected chi connectivity index (χ1v) is 10.6. The van der Waals surface area contributed by atoms with Gasteiger partial charge in [-0.1, -0.05) is 50.2 Å². The van der Waals surface area contributed by atoms with Crippen LogP contribution in [0.4, 0.5) is 0 Å². The third-order valence-corrected chi connectivity index (χ3v) is 5.18. The highest BCUT2D eigenvalue weighted by atomic mass is 16.5. The van der Waals surface area contributed by atoms with Crippen molar-refractivity contribution in [3.05, 3.63) is 65.2 Å². The summed E-state index contributed by atoms with van der Waals surface area (Å²) in [5.74, 6) is 0.668. The predicted octanol–water partition coefficient (Wildman–Crippen LogP) is 3.91. The molecule has 0 bridgehead atoms. The number of benzene rings is 2. The van der Waals surface area contributed by atoms with Crippen LogP contribution in [0, 0.1) is 19.8 Å². The number of hydrogen-bond donors (Lipinski definition) is 1. The Bertz CT molecular complexity index is 834. The second-order valence-corrected chi connectivity index (χ2v) is 8.17. The summed E-state index contributed by atoms with van der Waals surface area (Å²) >= 11 is 0. The number of nitrogens with zero attached hydrogens (tertiary/aromatic N) is 1. The third-order valence-electron chi connectivity index (χ3n) is 5.18. The van der Waals surface area contributed by atoms with Crippen LogP contribution in [-0.2, 0) is 16.0 Å². The van der Waals surface area contributed by atoms with Crippen LogP contribution in [0.1, 0.15) is 37.5 Å². The maximum atomic E-state index is 13.0. The van der Waals surface area contributed by atoms with Crippen molar-refractivity contribution in [2.45, 2.75) is 47.1 Å². The van der Waals surface area contributed by atoms with E-state index in [1.54, 1.807) is 11.8 Å². The van der Waals surface area contributed by atoms with Crippen molar-refractivity contribution in [2.24, 2.45) is 5.92 Å². The Labute approximate surface area is 180 Å². The largest absolute Gasteiger partial charge is 0.484 e. The Morgan fingerprint density at radius 3 is 2.33 bits per heavy atom. The molecule has 0 spiro atoms. The summed E-state index contributed by atoms with van der Waals surface area (Å²) in [4.78, 5) is 27.2. The Kier molecular flexibility index (Phi) is 8.90. The summed E-state index contributed by atoms with van der Waals surface area (Å²) in [6.07, 6.45) is 0.679. The van der Waals surface area contributed by atoms with Crippen molar-refractivity contribution in [1.82, 2.24) is 10.2 Å². The number of nitrogens with one attached hydrogen (secondary N) is 1. The fourth-order valence-electron chi connectivity index (χ4n) is 3.05. The highest BCUT2D eigenvalue weighted by molar-refractivity contribution is 5.88. The minimum absolute atomic E-state index is 0.0981. The van der Waals surface area contributed by atoms with Crippen LogP contribution in [0.5, 0.6) is 5.75 Å². The van der Waals surface area contributed by atoms with Gasteiger partial charge in [-0.3, -0.25) is 9.59 Å². The fraction of sp³-hybridized carbons (Fsp3) is 0.440. The number of carbonyl (C=O) groups excluding carboxylic acids is 2. The van der Waals surface area contributed by atoms with Crippen molar-refractivity contribution in [2.75, 3.05) is 19.7 Å². The fourth-order valence-corrected chi connectivity index (χ4v) is 3.05. The smallest absolute Gasteiger partial charge is 0.261 e. The molecular formula is C25H34N2O3. The number of rotatable bonds is 10. The quantitative estimate of drug-likeness (QED) is 0.646. The zero-order valence-electron chi connectivity index (χ0n) is 18.8.